The molecule has 1 N–H and O–H groups in total. The monoisotopic (exact) mass is 297 g/mol. The summed E-state index contributed by atoms with van der Waals surface area (Å²) < 4.78 is 23.3. The van der Waals surface area contributed by atoms with Crippen LogP contribution in [0.4, 0.5) is 5.69 Å². The lowest BCUT2D eigenvalue weighted by Crippen LogP contribution is -2.41. The minimum atomic E-state index is -3.07. The van der Waals surface area contributed by atoms with Crippen molar-refractivity contribution in [2.24, 2.45) is 0 Å². The molecular formula is C14H19NO4S. The topological polar surface area (TPSA) is 74.7 Å². The van der Waals surface area contributed by atoms with E-state index in [2.05, 4.69) is 0 Å². The Kier molecular flexibility index (Phi) is 4.45. The molecular weight excluding hydrogens is 278 g/mol. The minimum absolute atomic E-state index is 0.00149. The summed E-state index contributed by atoms with van der Waals surface area (Å²) in [6, 6.07) is 6.74. The molecule has 5 nitrogen and oxygen atoms in total. The summed E-state index contributed by atoms with van der Waals surface area (Å²) in [6.07, 6.45) is 0.754. The molecule has 0 aromatic heterocycles. The molecule has 6 heteroatoms. The average molecular weight is 297 g/mol. The number of hydrogen-bond acceptors (Lipinski definition) is 4. The van der Waals surface area contributed by atoms with E-state index in [1.807, 2.05) is 0 Å². The van der Waals surface area contributed by atoms with E-state index in [-0.39, 0.29) is 30.1 Å². The van der Waals surface area contributed by atoms with Crippen LogP contribution < -0.4 is 4.90 Å². The molecule has 1 aliphatic heterocycles. The van der Waals surface area contributed by atoms with Gasteiger partial charge in [0.1, 0.15) is 0 Å². The van der Waals surface area contributed by atoms with Crippen LogP contribution in [-0.2, 0) is 21.2 Å². The summed E-state index contributed by atoms with van der Waals surface area (Å²) in [6.45, 7) is 1.57. The van der Waals surface area contributed by atoms with Gasteiger partial charge >= 0.3 is 0 Å². The number of rotatable bonds is 4. The number of sulfone groups is 1. The molecule has 2 rings (SSSR count). The second kappa shape index (κ2) is 5.93. The van der Waals surface area contributed by atoms with Crippen molar-refractivity contribution in [1.82, 2.24) is 0 Å². The van der Waals surface area contributed by atoms with Gasteiger partial charge in [0, 0.05) is 17.7 Å². The summed E-state index contributed by atoms with van der Waals surface area (Å²) in [4.78, 5) is 13.8. The first-order chi connectivity index (χ1) is 9.48. The van der Waals surface area contributed by atoms with Gasteiger partial charge in [-0.05, 0) is 12.5 Å². The van der Waals surface area contributed by atoms with Gasteiger partial charge in [-0.2, -0.15) is 0 Å². The van der Waals surface area contributed by atoms with E-state index in [4.69, 9.17) is 0 Å². The normalized spacial score (nSPS) is 20.8. The Morgan fingerprint density at radius 2 is 2.10 bits per heavy atom. The number of para-hydroxylation sites is 1. The van der Waals surface area contributed by atoms with Crippen LogP contribution in [0.5, 0.6) is 0 Å². The van der Waals surface area contributed by atoms with Crippen molar-refractivity contribution >= 4 is 21.4 Å². The molecule has 0 radical (unpaired) electrons. The van der Waals surface area contributed by atoms with Crippen molar-refractivity contribution < 1.29 is 18.3 Å². The molecule has 1 amide bonds. The Hall–Kier alpha value is -1.40. The molecule has 0 aliphatic carbocycles. The number of nitrogens with zero attached hydrogens (tertiary/aromatic N) is 1. The number of carbonyl (C=O) groups excluding carboxylic acids is 1. The molecule has 1 aromatic carbocycles. The molecule has 1 heterocycles. The van der Waals surface area contributed by atoms with Crippen LogP contribution in [0.15, 0.2) is 24.3 Å². The third kappa shape index (κ3) is 3.02. The molecule has 0 spiro atoms. The zero-order valence-corrected chi connectivity index (χ0v) is 12.3. The van der Waals surface area contributed by atoms with E-state index in [1.165, 1.54) is 0 Å². The summed E-state index contributed by atoms with van der Waals surface area (Å²) in [5.74, 6) is -0.00157. The maximum Gasteiger partial charge on any atom is 0.227 e. The standard InChI is InChI=1S/C14H19NO4S/c1-2-14(17)15(12-7-8-20(18,19)10-12)13-6-4-3-5-11(13)9-16/h3-6,12,16H,2,7-10H2,1H3/t12-/m0/s1. The molecule has 0 unspecified atom stereocenters. The summed E-state index contributed by atoms with van der Waals surface area (Å²) in [7, 11) is -3.07. The van der Waals surface area contributed by atoms with Crippen molar-refractivity contribution in [2.75, 3.05) is 16.4 Å². The fourth-order valence-electron chi connectivity index (χ4n) is 2.56. The average Bonchev–Trinajstić information content (AvgIpc) is 2.79. The van der Waals surface area contributed by atoms with Crippen LogP contribution in [0.1, 0.15) is 25.3 Å². The van der Waals surface area contributed by atoms with E-state index in [9.17, 15) is 18.3 Å². The molecule has 0 bridgehead atoms. The van der Waals surface area contributed by atoms with Gasteiger partial charge in [-0.3, -0.25) is 4.79 Å². The van der Waals surface area contributed by atoms with Gasteiger partial charge in [0.2, 0.25) is 5.91 Å². The predicted molar refractivity (Wildman–Crippen MR) is 77.2 cm³/mol. The smallest absolute Gasteiger partial charge is 0.227 e. The fraction of sp³-hybridized carbons (Fsp3) is 0.500. The van der Waals surface area contributed by atoms with Crippen molar-refractivity contribution in [3.05, 3.63) is 29.8 Å². The highest BCUT2D eigenvalue weighted by Gasteiger charge is 2.35. The Morgan fingerprint density at radius 1 is 1.40 bits per heavy atom. The molecule has 20 heavy (non-hydrogen) atoms. The summed E-state index contributed by atoms with van der Waals surface area (Å²) in [5, 5.41) is 9.41. The Bertz CT molecular complexity index is 597. The number of aliphatic hydroxyl groups excluding tert-OH is 1. The predicted octanol–water partition coefficient (Wildman–Crippen LogP) is 1.11. The van der Waals surface area contributed by atoms with Gasteiger partial charge in [0.15, 0.2) is 9.84 Å². The minimum Gasteiger partial charge on any atom is -0.392 e. The second-order valence-electron chi connectivity index (χ2n) is 4.96. The van der Waals surface area contributed by atoms with Crippen molar-refractivity contribution in [2.45, 2.75) is 32.4 Å². The van der Waals surface area contributed by atoms with E-state index in [0.29, 0.717) is 24.1 Å². The van der Waals surface area contributed by atoms with Crippen molar-refractivity contribution in [3.63, 3.8) is 0 Å². The lowest BCUT2D eigenvalue weighted by Gasteiger charge is -2.29. The molecule has 1 atom stereocenters. The highest BCUT2D eigenvalue weighted by atomic mass is 32.2. The Balaban J connectivity index is 2.41. The maximum absolute atomic E-state index is 12.2. The Morgan fingerprint density at radius 3 is 2.65 bits per heavy atom. The van der Waals surface area contributed by atoms with Crippen LogP contribution in [0.3, 0.4) is 0 Å². The lowest BCUT2D eigenvalue weighted by atomic mass is 10.1. The molecule has 1 aromatic rings. The third-order valence-electron chi connectivity index (χ3n) is 3.57. The van der Waals surface area contributed by atoms with Crippen LogP contribution >= 0.6 is 0 Å². The Labute approximate surface area is 119 Å². The SMILES string of the molecule is CCC(=O)N(c1ccccc1CO)[C@H]1CCS(=O)(=O)C1. The molecule has 1 fully saturated rings. The van der Waals surface area contributed by atoms with Crippen LogP contribution in [0.25, 0.3) is 0 Å². The van der Waals surface area contributed by atoms with Gasteiger partial charge in [0.25, 0.3) is 0 Å². The van der Waals surface area contributed by atoms with Crippen LogP contribution in [0.2, 0.25) is 0 Å². The van der Waals surface area contributed by atoms with Crippen LogP contribution in [0, 0.1) is 0 Å². The largest absolute Gasteiger partial charge is 0.392 e. The van der Waals surface area contributed by atoms with E-state index < -0.39 is 9.84 Å². The highest BCUT2D eigenvalue weighted by Crippen LogP contribution is 2.28. The first-order valence-corrected chi connectivity index (χ1v) is 8.52. The summed E-state index contributed by atoms with van der Waals surface area (Å²) >= 11 is 0. The quantitative estimate of drug-likeness (QED) is 0.903. The first kappa shape index (κ1) is 15.0. The number of carbonyl (C=O) groups is 1. The van der Waals surface area contributed by atoms with Gasteiger partial charge in [-0.1, -0.05) is 25.1 Å². The lowest BCUT2D eigenvalue weighted by molar-refractivity contribution is -0.118. The van der Waals surface area contributed by atoms with Gasteiger partial charge in [-0.25, -0.2) is 8.42 Å². The number of hydrogen-bond donors (Lipinski definition) is 1. The van der Waals surface area contributed by atoms with E-state index >= 15 is 0 Å². The van der Waals surface area contributed by atoms with E-state index in [0.717, 1.165) is 0 Å². The van der Waals surface area contributed by atoms with Crippen molar-refractivity contribution in [1.29, 1.82) is 0 Å². The van der Waals surface area contributed by atoms with Gasteiger partial charge < -0.3 is 10.0 Å². The number of aliphatic hydroxyl groups is 1. The second-order valence-corrected chi connectivity index (χ2v) is 7.19. The van der Waals surface area contributed by atoms with Crippen LogP contribution in [-0.4, -0.2) is 37.0 Å². The first-order valence-electron chi connectivity index (χ1n) is 6.69. The van der Waals surface area contributed by atoms with E-state index in [1.54, 1.807) is 36.1 Å². The van der Waals surface area contributed by atoms with Gasteiger partial charge in [-0.15, -0.1) is 0 Å². The highest BCUT2D eigenvalue weighted by molar-refractivity contribution is 7.91. The maximum atomic E-state index is 12.2. The number of anilines is 1. The number of benzene rings is 1. The number of amides is 1. The molecule has 110 valence electrons. The third-order valence-corrected chi connectivity index (χ3v) is 5.32. The summed E-state index contributed by atoms with van der Waals surface area (Å²) in [5.41, 5.74) is 1.25. The molecule has 1 aliphatic rings. The van der Waals surface area contributed by atoms with Gasteiger partial charge in [0.05, 0.1) is 24.2 Å². The zero-order valence-electron chi connectivity index (χ0n) is 11.4. The molecule has 0 saturated carbocycles. The van der Waals surface area contributed by atoms with Crippen molar-refractivity contribution in [3.8, 4) is 0 Å². The zero-order chi connectivity index (χ0) is 14.8. The molecule has 1 saturated heterocycles. The fourth-order valence-corrected chi connectivity index (χ4v) is 4.26.